The van der Waals surface area contributed by atoms with Gasteiger partial charge in [-0.05, 0) is 44.9 Å². The van der Waals surface area contributed by atoms with Crippen molar-refractivity contribution in [3.63, 3.8) is 0 Å². The Labute approximate surface area is 150 Å². The van der Waals surface area contributed by atoms with Crippen LogP contribution in [0, 0.1) is 0 Å². The first kappa shape index (κ1) is 18.5. The highest BCUT2D eigenvalue weighted by Gasteiger charge is 2.33. The molecule has 1 heterocycles. The van der Waals surface area contributed by atoms with Gasteiger partial charge in [-0.1, -0.05) is 0 Å². The lowest BCUT2D eigenvalue weighted by Gasteiger charge is -2.37. The van der Waals surface area contributed by atoms with Crippen molar-refractivity contribution in [1.82, 2.24) is 20.4 Å². The van der Waals surface area contributed by atoms with Crippen LogP contribution in [0.4, 0.5) is 0 Å². The summed E-state index contributed by atoms with van der Waals surface area (Å²) in [6.45, 7) is 2.22. The quantitative estimate of drug-likeness (QED) is 0.485. The molecular formula is C18H33N5O2. The van der Waals surface area contributed by atoms with Crippen molar-refractivity contribution >= 4 is 11.9 Å². The molecule has 1 aliphatic heterocycles. The molecule has 7 nitrogen and oxygen atoms in total. The molecule has 2 aliphatic carbocycles. The largest absolute Gasteiger partial charge is 0.391 e. The summed E-state index contributed by atoms with van der Waals surface area (Å²) in [5.41, 5.74) is 0. The molecule has 3 N–H and O–H groups in total. The van der Waals surface area contributed by atoms with E-state index in [1.807, 2.05) is 0 Å². The van der Waals surface area contributed by atoms with Gasteiger partial charge in [0.15, 0.2) is 5.96 Å². The van der Waals surface area contributed by atoms with Crippen molar-refractivity contribution in [2.75, 3.05) is 33.7 Å². The summed E-state index contributed by atoms with van der Waals surface area (Å²) in [7, 11) is 3.51. The summed E-state index contributed by atoms with van der Waals surface area (Å²) in [4.78, 5) is 20.3. The minimum Gasteiger partial charge on any atom is -0.391 e. The molecule has 3 fully saturated rings. The Morgan fingerprint density at radius 2 is 1.72 bits per heavy atom. The molecule has 0 bridgehead atoms. The lowest BCUT2D eigenvalue weighted by atomic mass is 10.0. The van der Waals surface area contributed by atoms with Gasteiger partial charge in [-0.3, -0.25) is 9.69 Å². The number of aliphatic hydroxyl groups is 1. The number of carbonyl (C=O) groups is 1. The molecule has 25 heavy (non-hydrogen) atoms. The monoisotopic (exact) mass is 351 g/mol. The van der Waals surface area contributed by atoms with Crippen LogP contribution >= 0.6 is 0 Å². The number of piperidine rings is 1. The van der Waals surface area contributed by atoms with Gasteiger partial charge in [0.05, 0.1) is 6.10 Å². The van der Waals surface area contributed by atoms with Gasteiger partial charge in [0.25, 0.3) is 0 Å². The minimum atomic E-state index is -0.143. The number of rotatable bonds is 5. The van der Waals surface area contributed by atoms with E-state index < -0.39 is 0 Å². The molecule has 2 unspecified atom stereocenters. The Hall–Kier alpha value is -1.34. The van der Waals surface area contributed by atoms with Crippen LogP contribution in [0.5, 0.6) is 0 Å². The number of aliphatic hydroxyl groups excluding tert-OH is 1. The van der Waals surface area contributed by atoms with Gasteiger partial charge >= 0.3 is 0 Å². The van der Waals surface area contributed by atoms with Crippen LogP contribution in [0.2, 0.25) is 0 Å². The molecule has 0 aromatic heterocycles. The van der Waals surface area contributed by atoms with Gasteiger partial charge in [0.1, 0.15) is 6.54 Å². The lowest BCUT2D eigenvalue weighted by Crippen LogP contribution is -2.52. The second-order valence-corrected chi connectivity index (χ2v) is 7.89. The summed E-state index contributed by atoms with van der Waals surface area (Å²) >= 11 is 0. The van der Waals surface area contributed by atoms with Gasteiger partial charge in [-0.2, -0.15) is 0 Å². The molecule has 0 radical (unpaired) electrons. The number of likely N-dealkylation sites (N-methyl/N-ethyl adjacent to an activating group) is 1. The number of guanidine groups is 1. The Morgan fingerprint density at radius 3 is 2.24 bits per heavy atom. The molecule has 7 heteroatoms. The van der Waals surface area contributed by atoms with Crippen LogP contribution in [0.3, 0.4) is 0 Å². The van der Waals surface area contributed by atoms with Crippen LogP contribution in [0.25, 0.3) is 0 Å². The Morgan fingerprint density at radius 1 is 1.08 bits per heavy atom. The standard InChI is InChI=1S/C18H33N5O2/c1-22(2)17(25)12-19-18(20-13-6-7-13)21-14-8-10-23(11-9-14)15-4-3-5-16(15)24/h13-16,24H,3-12H2,1-2H3,(H2,19,20,21). The van der Waals surface area contributed by atoms with Crippen LogP contribution < -0.4 is 10.6 Å². The van der Waals surface area contributed by atoms with Gasteiger partial charge in [0, 0.05) is 45.3 Å². The Balaban J connectivity index is 1.48. The summed E-state index contributed by atoms with van der Waals surface area (Å²) in [5.74, 6) is 0.791. The maximum absolute atomic E-state index is 11.8. The Bertz CT molecular complexity index is 484. The average molecular weight is 351 g/mol. The predicted octanol–water partition coefficient (Wildman–Crippen LogP) is 0.150. The summed E-state index contributed by atoms with van der Waals surface area (Å²) < 4.78 is 0. The third-order valence-corrected chi connectivity index (χ3v) is 5.57. The number of hydrogen-bond donors (Lipinski definition) is 3. The smallest absolute Gasteiger partial charge is 0.243 e. The van der Waals surface area contributed by atoms with Crippen molar-refractivity contribution in [3.8, 4) is 0 Å². The maximum atomic E-state index is 11.8. The van der Waals surface area contributed by atoms with Gasteiger partial charge in [-0.15, -0.1) is 0 Å². The molecule has 1 amide bonds. The highest BCUT2D eigenvalue weighted by molar-refractivity contribution is 5.85. The molecule has 142 valence electrons. The number of nitrogens with zero attached hydrogens (tertiary/aromatic N) is 3. The van der Waals surface area contributed by atoms with E-state index in [1.54, 1.807) is 19.0 Å². The number of hydrogen-bond acceptors (Lipinski definition) is 4. The number of nitrogens with one attached hydrogen (secondary N) is 2. The first-order chi connectivity index (χ1) is 12.0. The molecule has 0 aromatic rings. The summed E-state index contributed by atoms with van der Waals surface area (Å²) in [6, 6.07) is 1.25. The summed E-state index contributed by atoms with van der Waals surface area (Å²) in [6.07, 6.45) is 7.54. The minimum absolute atomic E-state index is 0.0157. The highest BCUT2D eigenvalue weighted by Crippen LogP contribution is 2.26. The van der Waals surface area contributed by atoms with Gasteiger partial charge < -0.3 is 20.6 Å². The molecule has 0 aromatic carbocycles. The number of aliphatic imine (C=N–C) groups is 1. The van der Waals surface area contributed by atoms with Crippen LogP contribution in [0.15, 0.2) is 4.99 Å². The molecule has 2 atom stereocenters. The topological polar surface area (TPSA) is 80.2 Å². The average Bonchev–Trinajstić information content (AvgIpc) is 3.31. The first-order valence-corrected chi connectivity index (χ1v) is 9.72. The van der Waals surface area contributed by atoms with E-state index in [1.165, 1.54) is 12.8 Å². The van der Waals surface area contributed by atoms with Crippen LogP contribution in [-0.4, -0.2) is 84.7 Å². The third-order valence-electron chi connectivity index (χ3n) is 5.57. The zero-order chi connectivity index (χ0) is 17.8. The van der Waals surface area contributed by atoms with E-state index in [2.05, 4.69) is 20.5 Å². The van der Waals surface area contributed by atoms with Crippen LogP contribution in [0.1, 0.15) is 44.9 Å². The molecule has 2 saturated carbocycles. The number of amides is 1. The van der Waals surface area contributed by atoms with Crippen molar-refractivity contribution in [2.24, 2.45) is 4.99 Å². The Kier molecular flexibility index (Phi) is 6.17. The normalized spacial score (nSPS) is 28.8. The summed E-state index contributed by atoms with van der Waals surface area (Å²) in [5, 5.41) is 17.0. The fourth-order valence-corrected chi connectivity index (χ4v) is 3.76. The molecule has 0 spiro atoms. The maximum Gasteiger partial charge on any atom is 0.243 e. The third kappa shape index (κ3) is 5.31. The number of likely N-dealkylation sites (tertiary alicyclic amines) is 1. The zero-order valence-corrected chi connectivity index (χ0v) is 15.6. The predicted molar refractivity (Wildman–Crippen MR) is 98.5 cm³/mol. The second-order valence-electron chi connectivity index (χ2n) is 7.89. The SMILES string of the molecule is CN(C)C(=O)CN=C(NC1CC1)NC1CCN(C2CCCC2O)CC1. The van der Waals surface area contributed by atoms with Crippen molar-refractivity contribution in [3.05, 3.63) is 0 Å². The van der Waals surface area contributed by atoms with E-state index in [0.717, 1.165) is 51.2 Å². The van der Waals surface area contributed by atoms with Crippen molar-refractivity contribution in [1.29, 1.82) is 0 Å². The molecule has 1 saturated heterocycles. The van der Waals surface area contributed by atoms with E-state index in [4.69, 9.17) is 0 Å². The van der Waals surface area contributed by atoms with Crippen molar-refractivity contribution in [2.45, 2.75) is 69.2 Å². The van der Waals surface area contributed by atoms with Crippen molar-refractivity contribution < 1.29 is 9.90 Å². The molecule has 3 aliphatic rings. The van der Waals surface area contributed by atoms with E-state index in [0.29, 0.717) is 18.1 Å². The van der Waals surface area contributed by atoms with E-state index in [9.17, 15) is 9.90 Å². The fourth-order valence-electron chi connectivity index (χ4n) is 3.76. The van der Waals surface area contributed by atoms with E-state index >= 15 is 0 Å². The van der Waals surface area contributed by atoms with Crippen LogP contribution in [-0.2, 0) is 4.79 Å². The fraction of sp³-hybridized carbons (Fsp3) is 0.889. The van der Waals surface area contributed by atoms with E-state index in [-0.39, 0.29) is 18.6 Å². The van der Waals surface area contributed by atoms with Gasteiger partial charge in [0.2, 0.25) is 5.91 Å². The molecule has 3 rings (SSSR count). The highest BCUT2D eigenvalue weighted by atomic mass is 16.3. The first-order valence-electron chi connectivity index (χ1n) is 9.72. The zero-order valence-electron chi connectivity index (χ0n) is 15.6. The second kappa shape index (κ2) is 8.36. The number of carbonyl (C=O) groups excluding carboxylic acids is 1. The lowest BCUT2D eigenvalue weighted by molar-refractivity contribution is -0.127. The van der Waals surface area contributed by atoms with Gasteiger partial charge in [-0.25, -0.2) is 4.99 Å². The molecular weight excluding hydrogens is 318 g/mol.